The lowest BCUT2D eigenvalue weighted by molar-refractivity contribution is -0.142. The Morgan fingerprint density at radius 3 is 2.87 bits per heavy atom. The van der Waals surface area contributed by atoms with Gasteiger partial charge in [0.1, 0.15) is 0 Å². The summed E-state index contributed by atoms with van der Waals surface area (Å²) in [5.74, 6) is 1.24. The highest BCUT2D eigenvalue weighted by Crippen LogP contribution is 2.08. The van der Waals surface area contributed by atoms with Crippen molar-refractivity contribution < 1.29 is 19.1 Å². The van der Waals surface area contributed by atoms with Crippen LogP contribution in [-0.2, 0) is 19.1 Å². The van der Waals surface area contributed by atoms with Gasteiger partial charge in [-0.2, -0.15) is 0 Å². The summed E-state index contributed by atoms with van der Waals surface area (Å²) in [7, 11) is 0. The summed E-state index contributed by atoms with van der Waals surface area (Å²) in [6, 6.07) is -0.545. The van der Waals surface area contributed by atoms with E-state index in [2.05, 4.69) is 16.0 Å². The molecule has 1 fully saturated rings. The van der Waals surface area contributed by atoms with E-state index in [0.717, 1.165) is 0 Å². The highest BCUT2D eigenvalue weighted by atomic mass is 16.5. The molecule has 0 saturated carbocycles. The van der Waals surface area contributed by atoms with Crippen LogP contribution in [0.2, 0.25) is 0 Å². The van der Waals surface area contributed by atoms with Crippen LogP contribution in [0.1, 0.15) is 19.3 Å². The lowest BCUT2D eigenvalue weighted by Gasteiger charge is -2.07. The Balaban J connectivity index is 2.26. The van der Waals surface area contributed by atoms with Gasteiger partial charge in [-0.1, -0.05) is 5.92 Å². The molecule has 1 heterocycles. The van der Waals surface area contributed by atoms with Crippen molar-refractivity contribution in [2.75, 3.05) is 6.61 Å². The maximum atomic E-state index is 11.1. The predicted molar refractivity (Wildman–Crippen MR) is 50.6 cm³/mol. The van der Waals surface area contributed by atoms with Crippen molar-refractivity contribution in [3.63, 3.8) is 0 Å². The molecular formula is C10H11NO4. The second-order valence-electron chi connectivity index (χ2n) is 3.17. The molecule has 1 rings (SSSR count). The molecule has 0 aromatic carbocycles. The molecule has 1 aliphatic heterocycles. The van der Waals surface area contributed by atoms with Crippen molar-refractivity contribution in [1.82, 2.24) is 5.32 Å². The first-order chi connectivity index (χ1) is 7.13. The number of hydrogen-bond donors (Lipinski definition) is 1. The van der Waals surface area contributed by atoms with Gasteiger partial charge in [-0.05, 0) is 6.42 Å². The van der Waals surface area contributed by atoms with Crippen LogP contribution in [0.3, 0.4) is 0 Å². The molecule has 80 valence electrons. The van der Waals surface area contributed by atoms with Crippen molar-refractivity contribution in [3.05, 3.63) is 0 Å². The van der Waals surface area contributed by atoms with E-state index >= 15 is 0 Å². The number of ether oxygens (including phenoxy) is 1. The fourth-order valence-corrected chi connectivity index (χ4v) is 1.30. The zero-order valence-corrected chi connectivity index (χ0v) is 8.12. The average Bonchev–Trinajstić information content (AvgIpc) is 2.51. The van der Waals surface area contributed by atoms with Crippen LogP contribution in [0.15, 0.2) is 0 Å². The molecular weight excluding hydrogens is 198 g/mol. The first kappa shape index (κ1) is 11.2. The molecule has 1 amide bonds. The van der Waals surface area contributed by atoms with Crippen molar-refractivity contribution in [1.29, 1.82) is 0 Å². The van der Waals surface area contributed by atoms with Gasteiger partial charge in [0.2, 0.25) is 5.91 Å². The van der Waals surface area contributed by atoms with Gasteiger partial charge in [-0.15, -0.1) is 6.42 Å². The number of amides is 1. The molecule has 0 bridgehead atoms. The number of carbonyl (C=O) groups excluding carboxylic acids is 3. The fourth-order valence-electron chi connectivity index (χ4n) is 1.30. The predicted octanol–water partition coefficient (Wildman–Crippen LogP) is -0.599. The lowest BCUT2D eigenvalue weighted by atomic mass is 10.1. The number of esters is 1. The summed E-state index contributed by atoms with van der Waals surface area (Å²) in [5.41, 5.74) is 0. The molecule has 5 heteroatoms. The fraction of sp³-hybridized carbons (Fsp3) is 0.500. The zero-order valence-electron chi connectivity index (χ0n) is 8.12. The first-order valence-electron chi connectivity index (χ1n) is 4.54. The summed E-state index contributed by atoms with van der Waals surface area (Å²) in [6.45, 7) is -0.0657. The summed E-state index contributed by atoms with van der Waals surface area (Å²) >= 11 is 0. The third-order valence-electron chi connectivity index (χ3n) is 2.01. The first-order valence-corrected chi connectivity index (χ1v) is 4.54. The molecule has 1 saturated heterocycles. The zero-order chi connectivity index (χ0) is 11.3. The van der Waals surface area contributed by atoms with Gasteiger partial charge in [0, 0.05) is 6.42 Å². The molecule has 0 spiro atoms. The SMILES string of the molecule is C#CCOC(=O)CC[C@@H]1NC(=O)CC1=O. The van der Waals surface area contributed by atoms with E-state index < -0.39 is 12.0 Å². The molecule has 0 unspecified atom stereocenters. The normalized spacial score (nSPS) is 19.5. The van der Waals surface area contributed by atoms with Crippen molar-refractivity contribution in [3.8, 4) is 12.3 Å². The Morgan fingerprint density at radius 1 is 1.60 bits per heavy atom. The van der Waals surface area contributed by atoms with E-state index in [4.69, 9.17) is 6.42 Å². The minimum Gasteiger partial charge on any atom is -0.452 e. The lowest BCUT2D eigenvalue weighted by Crippen LogP contribution is -2.29. The molecule has 15 heavy (non-hydrogen) atoms. The topological polar surface area (TPSA) is 72.5 Å². The van der Waals surface area contributed by atoms with E-state index in [-0.39, 0.29) is 37.6 Å². The van der Waals surface area contributed by atoms with Crippen LogP contribution in [0.25, 0.3) is 0 Å². The van der Waals surface area contributed by atoms with E-state index in [1.807, 2.05) is 0 Å². The van der Waals surface area contributed by atoms with E-state index in [1.165, 1.54) is 0 Å². The monoisotopic (exact) mass is 209 g/mol. The summed E-state index contributed by atoms with van der Waals surface area (Å²) in [5, 5.41) is 2.48. The minimum atomic E-state index is -0.545. The van der Waals surface area contributed by atoms with Crippen molar-refractivity contribution in [2.45, 2.75) is 25.3 Å². The van der Waals surface area contributed by atoms with Crippen LogP contribution in [0.4, 0.5) is 0 Å². The van der Waals surface area contributed by atoms with Gasteiger partial charge in [0.15, 0.2) is 12.4 Å². The van der Waals surface area contributed by atoms with Crippen LogP contribution in [0.5, 0.6) is 0 Å². The molecule has 1 atom stereocenters. The molecule has 0 aliphatic carbocycles. The van der Waals surface area contributed by atoms with E-state index in [9.17, 15) is 14.4 Å². The van der Waals surface area contributed by atoms with Crippen molar-refractivity contribution in [2.24, 2.45) is 0 Å². The third kappa shape index (κ3) is 3.43. The Kier molecular flexibility index (Phi) is 3.86. The quantitative estimate of drug-likeness (QED) is 0.381. The second kappa shape index (κ2) is 5.15. The van der Waals surface area contributed by atoms with Crippen molar-refractivity contribution >= 4 is 17.7 Å². The molecule has 1 aliphatic rings. The van der Waals surface area contributed by atoms with Gasteiger partial charge in [0.25, 0.3) is 0 Å². The maximum absolute atomic E-state index is 11.1. The molecule has 0 aromatic rings. The standard InChI is InChI=1S/C10H11NO4/c1-2-5-15-10(14)4-3-7-8(12)6-9(13)11-7/h1,7H,3-6H2,(H,11,13)/t7-/m0/s1. The number of hydrogen-bond acceptors (Lipinski definition) is 4. The minimum absolute atomic E-state index is 0.0657. The van der Waals surface area contributed by atoms with Gasteiger partial charge in [0.05, 0.1) is 12.5 Å². The Bertz CT molecular complexity index is 329. The van der Waals surface area contributed by atoms with Gasteiger partial charge >= 0.3 is 5.97 Å². The molecule has 1 N–H and O–H groups in total. The van der Waals surface area contributed by atoms with Gasteiger partial charge in [-0.25, -0.2) is 0 Å². The second-order valence-corrected chi connectivity index (χ2v) is 3.17. The Hall–Kier alpha value is -1.83. The number of terminal acetylenes is 1. The van der Waals surface area contributed by atoms with Crippen LogP contribution >= 0.6 is 0 Å². The molecule has 5 nitrogen and oxygen atoms in total. The number of nitrogens with one attached hydrogen (secondary N) is 1. The number of carbonyl (C=O) groups is 3. The highest BCUT2D eigenvalue weighted by molar-refractivity contribution is 6.07. The smallest absolute Gasteiger partial charge is 0.306 e. The number of ketones is 1. The Labute approximate surface area is 87.2 Å². The van der Waals surface area contributed by atoms with Gasteiger partial charge < -0.3 is 10.1 Å². The van der Waals surface area contributed by atoms with E-state index in [0.29, 0.717) is 0 Å². The van der Waals surface area contributed by atoms with Crippen LogP contribution in [0, 0.1) is 12.3 Å². The summed E-state index contributed by atoms with van der Waals surface area (Å²) in [4.78, 5) is 33.0. The van der Waals surface area contributed by atoms with Crippen LogP contribution < -0.4 is 5.32 Å². The van der Waals surface area contributed by atoms with Crippen LogP contribution in [-0.4, -0.2) is 30.3 Å². The average molecular weight is 209 g/mol. The highest BCUT2D eigenvalue weighted by Gasteiger charge is 2.29. The van der Waals surface area contributed by atoms with Gasteiger partial charge in [-0.3, -0.25) is 14.4 Å². The number of Topliss-reactive ketones (excluding diaryl/α,β-unsaturated/α-hetero) is 1. The number of rotatable bonds is 4. The summed E-state index contributed by atoms with van der Waals surface area (Å²) < 4.78 is 4.61. The maximum Gasteiger partial charge on any atom is 0.306 e. The third-order valence-corrected chi connectivity index (χ3v) is 2.01. The summed E-state index contributed by atoms with van der Waals surface area (Å²) in [6.07, 6.45) is 5.16. The van der Waals surface area contributed by atoms with E-state index in [1.54, 1.807) is 0 Å². The molecule has 0 radical (unpaired) electrons. The largest absolute Gasteiger partial charge is 0.452 e. The molecule has 0 aromatic heterocycles. The Morgan fingerprint density at radius 2 is 2.33 bits per heavy atom.